The maximum atomic E-state index is 2.69. The van der Waals surface area contributed by atoms with Crippen molar-refractivity contribution in [3.8, 4) is 0 Å². The molecule has 2 atom stereocenters. The minimum atomic E-state index is -3.30. The molecular weight excluding hydrogens is 444 g/mol. The number of fused-ring (bicyclic) bond motifs is 1. The summed E-state index contributed by atoms with van der Waals surface area (Å²) < 4.78 is 7.77. The molecule has 2 aliphatic carbocycles. The summed E-state index contributed by atoms with van der Waals surface area (Å²) in [7, 11) is 0. The van der Waals surface area contributed by atoms with Gasteiger partial charge in [0, 0.05) is 0 Å². The van der Waals surface area contributed by atoms with Crippen molar-refractivity contribution in [2.75, 3.05) is 0 Å². The third-order valence-electron chi connectivity index (χ3n) is 7.80. The molecule has 0 nitrogen and oxygen atoms in total. The van der Waals surface area contributed by atoms with Crippen LogP contribution in [0.25, 0.3) is 5.57 Å². The van der Waals surface area contributed by atoms with Crippen LogP contribution in [0.1, 0.15) is 53.6 Å². The van der Waals surface area contributed by atoms with E-state index in [9.17, 15) is 0 Å². The van der Waals surface area contributed by atoms with Crippen LogP contribution in [-0.4, -0.2) is 6.88 Å². The van der Waals surface area contributed by atoms with Crippen LogP contribution < -0.4 is 0 Å². The molecular formula is C27H34SiZr. The van der Waals surface area contributed by atoms with E-state index in [1.54, 1.807) is 16.7 Å². The Morgan fingerprint density at radius 2 is 1.45 bits per heavy atom. The molecule has 0 radical (unpaired) electrons. The molecule has 0 spiro atoms. The Balaban J connectivity index is 1.93. The van der Waals surface area contributed by atoms with Gasteiger partial charge < -0.3 is 0 Å². The molecule has 0 saturated carbocycles. The fourth-order valence-corrected chi connectivity index (χ4v) is 24.5. The Hall–Kier alpha value is -1.24. The zero-order valence-corrected chi connectivity index (χ0v) is 22.9. The summed E-state index contributed by atoms with van der Waals surface area (Å²) in [6.45, 7) is 14.1. The number of aryl methyl sites for hydroxylation is 1. The predicted octanol–water partition coefficient (Wildman–Crippen LogP) is 7.08. The van der Waals surface area contributed by atoms with Crippen LogP contribution in [-0.2, 0) is 17.4 Å². The Morgan fingerprint density at radius 1 is 0.828 bits per heavy atom. The van der Waals surface area contributed by atoms with Gasteiger partial charge in [0.05, 0.1) is 0 Å². The van der Waals surface area contributed by atoms with E-state index >= 15 is 0 Å². The van der Waals surface area contributed by atoms with Crippen molar-refractivity contribution >= 4 is 12.5 Å². The summed E-state index contributed by atoms with van der Waals surface area (Å²) >= 11 is -3.30. The van der Waals surface area contributed by atoms with Crippen LogP contribution in [0.3, 0.4) is 0 Å². The van der Waals surface area contributed by atoms with Crippen molar-refractivity contribution < 1.29 is 17.4 Å². The zero-order valence-electron chi connectivity index (χ0n) is 19.1. The van der Waals surface area contributed by atoms with Gasteiger partial charge in [0.1, 0.15) is 0 Å². The Kier molecular flexibility index (Phi) is 4.99. The molecule has 2 aliphatic rings. The van der Waals surface area contributed by atoms with Crippen LogP contribution in [0.5, 0.6) is 0 Å². The molecule has 0 amide bonds. The van der Waals surface area contributed by atoms with Crippen molar-refractivity contribution in [1.82, 2.24) is 0 Å². The second-order valence-electron chi connectivity index (χ2n) is 10.4. The average molecular weight is 478 g/mol. The molecule has 2 aromatic carbocycles. The van der Waals surface area contributed by atoms with Crippen LogP contribution in [0, 0.1) is 12.8 Å². The van der Waals surface area contributed by atoms with Gasteiger partial charge >= 0.3 is 180 Å². The summed E-state index contributed by atoms with van der Waals surface area (Å²) in [6, 6.07) is 18.3. The van der Waals surface area contributed by atoms with Gasteiger partial charge in [0.25, 0.3) is 0 Å². The number of allylic oxidation sites excluding steroid dienone is 5. The number of hydrogen-bond donors (Lipinski definition) is 0. The fraction of sp³-hybridized carbons (Fsp3) is 0.333. The number of hydrogen-bond acceptors (Lipinski definition) is 0. The molecule has 0 fully saturated rings. The second kappa shape index (κ2) is 6.89. The molecule has 29 heavy (non-hydrogen) atoms. The summed E-state index contributed by atoms with van der Waals surface area (Å²) in [5.74, 6) is 0.595. The molecule has 2 aromatic rings. The van der Waals surface area contributed by atoms with Crippen molar-refractivity contribution in [1.29, 1.82) is 0 Å². The topological polar surface area (TPSA) is 0 Å². The normalized spacial score (nSPS) is 22.3. The molecule has 0 aliphatic heterocycles. The van der Waals surface area contributed by atoms with E-state index in [0.29, 0.717) is 9.54 Å². The van der Waals surface area contributed by atoms with Gasteiger partial charge in [-0.05, 0) is 0 Å². The summed E-state index contributed by atoms with van der Waals surface area (Å²) in [5.41, 5.74) is 11.8. The van der Waals surface area contributed by atoms with Crippen LogP contribution in [0.15, 0.2) is 74.6 Å². The SMILES string of the molecule is CC1=C(C)C(C)[C]([Zr]([CH3])([CH3])(=[SiH2])[CH]2C=C(c3ccc(C)cc3)c3ccccc32)=C1C. The van der Waals surface area contributed by atoms with Gasteiger partial charge in [-0.25, -0.2) is 0 Å². The second-order valence-corrected chi connectivity index (χ2v) is 39.9. The molecule has 2 unspecified atom stereocenters. The van der Waals surface area contributed by atoms with E-state index in [0.717, 1.165) is 0 Å². The van der Waals surface area contributed by atoms with E-state index in [1.807, 2.05) is 3.28 Å². The Morgan fingerprint density at radius 3 is 2.03 bits per heavy atom. The van der Waals surface area contributed by atoms with E-state index in [4.69, 9.17) is 0 Å². The van der Waals surface area contributed by atoms with E-state index < -0.39 is 17.4 Å². The first-order valence-corrected chi connectivity index (χ1v) is 24.3. The van der Waals surface area contributed by atoms with Crippen LogP contribution in [0.4, 0.5) is 0 Å². The van der Waals surface area contributed by atoms with Gasteiger partial charge in [-0.15, -0.1) is 0 Å². The minimum absolute atomic E-state index is 0.563. The summed E-state index contributed by atoms with van der Waals surface area (Å²) in [4.78, 5) is 0. The molecule has 0 N–H and O–H groups in total. The average Bonchev–Trinajstić information content (AvgIpc) is 3.16. The molecule has 0 saturated heterocycles. The summed E-state index contributed by atoms with van der Waals surface area (Å²) in [5, 5.41) is 0. The standard InChI is InChI=1S/C16H13.C9H13.2CH3.H2Si.Zr/c1-12-6-8-14(9-7-12)16-11-10-13-4-2-3-5-15(13)16;1-6-5-7(2)9(4)8(6)3;;;;/h2-11H,1H3;6H,1-4H3;2*1H3;1H2;. The first kappa shape index (κ1) is 21.0. The van der Waals surface area contributed by atoms with E-state index in [1.165, 1.54) is 27.8 Å². The van der Waals surface area contributed by atoms with Crippen molar-refractivity contribution in [3.05, 3.63) is 96.9 Å². The third kappa shape index (κ3) is 3.19. The first-order valence-electron chi connectivity index (χ1n) is 10.9. The molecule has 0 bridgehead atoms. The van der Waals surface area contributed by atoms with Crippen LogP contribution in [0.2, 0.25) is 9.26 Å². The van der Waals surface area contributed by atoms with Crippen molar-refractivity contribution in [2.24, 2.45) is 5.92 Å². The van der Waals surface area contributed by atoms with Gasteiger partial charge in [-0.3, -0.25) is 0 Å². The van der Waals surface area contributed by atoms with Gasteiger partial charge in [-0.1, -0.05) is 0 Å². The predicted molar refractivity (Wildman–Crippen MR) is 128 cm³/mol. The van der Waals surface area contributed by atoms with Crippen LogP contribution >= 0.6 is 0 Å². The molecule has 0 aromatic heterocycles. The monoisotopic (exact) mass is 476 g/mol. The van der Waals surface area contributed by atoms with Gasteiger partial charge in [0.15, 0.2) is 0 Å². The molecule has 0 heterocycles. The Bertz CT molecular complexity index is 1170. The number of rotatable bonds is 3. The van der Waals surface area contributed by atoms with Crippen molar-refractivity contribution in [2.45, 2.75) is 47.5 Å². The van der Waals surface area contributed by atoms with Gasteiger partial charge in [0.2, 0.25) is 0 Å². The third-order valence-corrected chi connectivity index (χ3v) is 25.1. The molecule has 4 rings (SSSR count). The van der Waals surface area contributed by atoms with Gasteiger partial charge in [-0.2, -0.15) is 0 Å². The fourth-order valence-electron chi connectivity index (χ4n) is 5.97. The van der Waals surface area contributed by atoms with Crippen molar-refractivity contribution in [3.63, 3.8) is 0 Å². The summed E-state index contributed by atoms with van der Waals surface area (Å²) in [6.07, 6.45) is 2.64. The van der Waals surface area contributed by atoms with E-state index in [2.05, 4.69) is 105 Å². The number of benzene rings is 2. The molecule has 2 heteroatoms. The zero-order chi connectivity index (χ0) is 21.2. The maximum absolute atomic E-state index is 3.30. The Labute approximate surface area is 179 Å². The van der Waals surface area contributed by atoms with E-state index in [-0.39, 0.29) is 0 Å². The first-order chi connectivity index (χ1) is 13.5. The quantitative estimate of drug-likeness (QED) is 0.414. The molecule has 150 valence electrons.